The first-order valence-corrected chi connectivity index (χ1v) is 5.62. The van der Waals surface area contributed by atoms with Gasteiger partial charge in [0.1, 0.15) is 24.0 Å². The van der Waals surface area contributed by atoms with Gasteiger partial charge in [-0.1, -0.05) is 0 Å². The third-order valence-electron chi connectivity index (χ3n) is 2.73. The maximum Gasteiger partial charge on any atom is 0.129 e. The lowest BCUT2D eigenvalue weighted by molar-refractivity contribution is 0.0220. The predicted octanol–water partition coefficient (Wildman–Crippen LogP) is 1.85. The normalized spacial score (nSPS) is 23.9. The van der Waals surface area contributed by atoms with Crippen molar-refractivity contribution in [1.82, 2.24) is 0 Å². The van der Waals surface area contributed by atoms with E-state index in [1.807, 2.05) is 0 Å². The number of rotatable bonds is 4. The van der Waals surface area contributed by atoms with E-state index < -0.39 is 11.6 Å². The molecule has 0 aromatic heterocycles. The molecule has 2 N–H and O–H groups in total. The largest absolute Gasteiger partial charge is 0.491 e. The zero-order chi connectivity index (χ0) is 12.3. The molecule has 1 heterocycles. The number of hydrogen-bond donors (Lipinski definition) is 1. The molecule has 1 aliphatic rings. The van der Waals surface area contributed by atoms with Crippen molar-refractivity contribution in [3.8, 4) is 5.75 Å². The van der Waals surface area contributed by atoms with Gasteiger partial charge >= 0.3 is 0 Å². The Morgan fingerprint density at radius 2 is 1.82 bits per heavy atom. The Balaban J connectivity index is 1.85. The molecule has 5 heteroatoms. The quantitative estimate of drug-likeness (QED) is 0.877. The monoisotopic (exact) mass is 243 g/mol. The first-order chi connectivity index (χ1) is 8.17. The predicted molar refractivity (Wildman–Crippen MR) is 58.8 cm³/mol. The van der Waals surface area contributed by atoms with E-state index in [2.05, 4.69) is 0 Å². The lowest BCUT2D eigenvalue weighted by Gasteiger charge is -2.13. The van der Waals surface area contributed by atoms with E-state index in [4.69, 9.17) is 15.2 Å². The summed E-state index contributed by atoms with van der Waals surface area (Å²) < 4.78 is 36.6. The van der Waals surface area contributed by atoms with Crippen molar-refractivity contribution in [3.63, 3.8) is 0 Å². The minimum atomic E-state index is -0.646. The van der Waals surface area contributed by atoms with E-state index in [1.165, 1.54) is 0 Å². The molecule has 2 atom stereocenters. The smallest absolute Gasteiger partial charge is 0.129 e. The molecule has 1 fully saturated rings. The first-order valence-electron chi connectivity index (χ1n) is 5.62. The second-order valence-corrected chi connectivity index (χ2v) is 4.11. The van der Waals surface area contributed by atoms with E-state index in [0.29, 0.717) is 13.2 Å². The molecule has 17 heavy (non-hydrogen) atoms. The third kappa shape index (κ3) is 3.38. The Kier molecular flexibility index (Phi) is 3.91. The van der Waals surface area contributed by atoms with Crippen LogP contribution < -0.4 is 10.5 Å². The zero-order valence-corrected chi connectivity index (χ0v) is 9.36. The molecule has 0 bridgehead atoms. The van der Waals surface area contributed by atoms with Crippen LogP contribution in [-0.2, 0) is 4.74 Å². The number of nitrogens with two attached hydrogens (primary N) is 1. The average Bonchev–Trinajstić information content (AvgIpc) is 2.73. The van der Waals surface area contributed by atoms with Crippen LogP contribution >= 0.6 is 0 Å². The van der Waals surface area contributed by atoms with E-state index in [-0.39, 0.29) is 18.0 Å². The highest BCUT2D eigenvalue weighted by Crippen LogP contribution is 2.21. The van der Waals surface area contributed by atoms with Crippen LogP contribution in [-0.4, -0.2) is 25.4 Å². The van der Waals surface area contributed by atoms with Gasteiger partial charge in [0.15, 0.2) is 0 Å². The second kappa shape index (κ2) is 5.42. The Bertz CT molecular complexity index is 367. The summed E-state index contributed by atoms with van der Waals surface area (Å²) in [6.45, 7) is 0.782. The molecule has 0 spiro atoms. The van der Waals surface area contributed by atoms with Gasteiger partial charge < -0.3 is 15.2 Å². The molecule has 2 unspecified atom stereocenters. The minimum Gasteiger partial charge on any atom is -0.491 e. The van der Waals surface area contributed by atoms with Gasteiger partial charge in [0.05, 0.1) is 12.2 Å². The number of benzene rings is 1. The van der Waals surface area contributed by atoms with Crippen molar-refractivity contribution < 1.29 is 18.3 Å². The molecule has 94 valence electrons. The average molecular weight is 243 g/mol. The first kappa shape index (κ1) is 12.3. The van der Waals surface area contributed by atoms with E-state index >= 15 is 0 Å². The maximum atomic E-state index is 12.9. The molecular formula is C12H15F2NO2. The van der Waals surface area contributed by atoms with Crippen LogP contribution in [0.5, 0.6) is 5.75 Å². The Labute approximate surface area is 98.5 Å². The molecule has 2 rings (SSSR count). The van der Waals surface area contributed by atoms with E-state index in [1.54, 1.807) is 0 Å². The molecule has 3 nitrogen and oxygen atoms in total. The second-order valence-electron chi connectivity index (χ2n) is 4.11. The molecule has 0 aliphatic carbocycles. The van der Waals surface area contributed by atoms with Crippen molar-refractivity contribution in [2.75, 3.05) is 13.2 Å². The molecule has 1 saturated heterocycles. The van der Waals surface area contributed by atoms with Gasteiger partial charge in [-0.25, -0.2) is 8.78 Å². The van der Waals surface area contributed by atoms with Crippen molar-refractivity contribution in [2.24, 2.45) is 5.73 Å². The van der Waals surface area contributed by atoms with Crippen molar-refractivity contribution in [2.45, 2.75) is 25.0 Å². The standard InChI is InChI=1S/C12H15F2NO2/c13-8-3-9(14)5-12(4-8)16-7-11-2-1-10(6-15)17-11/h3-5,10-11H,1-2,6-7,15H2. The van der Waals surface area contributed by atoms with Gasteiger partial charge in [-0.05, 0) is 12.8 Å². The summed E-state index contributed by atoms with van der Waals surface area (Å²) in [6, 6.07) is 3.11. The van der Waals surface area contributed by atoms with Crippen LogP contribution in [0.4, 0.5) is 8.78 Å². The van der Waals surface area contributed by atoms with E-state index in [9.17, 15) is 8.78 Å². The van der Waals surface area contributed by atoms with Crippen LogP contribution in [0.3, 0.4) is 0 Å². The van der Waals surface area contributed by atoms with Crippen LogP contribution in [0, 0.1) is 11.6 Å². The number of halogens is 2. The van der Waals surface area contributed by atoms with Gasteiger partial charge in [-0.3, -0.25) is 0 Å². The van der Waals surface area contributed by atoms with Gasteiger partial charge in [-0.2, -0.15) is 0 Å². The van der Waals surface area contributed by atoms with Crippen molar-refractivity contribution in [1.29, 1.82) is 0 Å². The van der Waals surface area contributed by atoms with Crippen molar-refractivity contribution >= 4 is 0 Å². The van der Waals surface area contributed by atoms with Crippen LogP contribution in [0.25, 0.3) is 0 Å². The molecule has 1 aromatic rings. The fraction of sp³-hybridized carbons (Fsp3) is 0.500. The fourth-order valence-corrected chi connectivity index (χ4v) is 1.88. The maximum absolute atomic E-state index is 12.9. The van der Waals surface area contributed by atoms with Crippen LogP contribution in [0.15, 0.2) is 18.2 Å². The lowest BCUT2D eigenvalue weighted by atomic mass is 10.2. The molecule has 0 amide bonds. The highest BCUT2D eigenvalue weighted by atomic mass is 19.1. The summed E-state index contributed by atoms with van der Waals surface area (Å²) in [5.41, 5.74) is 5.48. The third-order valence-corrected chi connectivity index (χ3v) is 2.73. The van der Waals surface area contributed by atoms with Crippen LogP contribution in [0.1, 0.15) is 12.8 Å². The number of ether oxygens (including phenoxy) is 2. The van der Waals surface area contributed by atoms with Gasteiger partial charge in [0, 0.05) is 24.7 Å². The molecule has 0 saturated carbocycles. The van der Waals surface area contributed by atoms with Gasteiger partial charge in [0.2, 0.25) is 0 Å². The van der Waals surface area contributed by atoms with E-state index in [0.717, 1.165) is 31.0 Å². The highest BCUT2D eigenvalue weighted by Gasteiger charge is 2.24. The minimum absolute atomic E-state index is 0.0464. The molecule has 1 aromatic carbocycles. The lowest BCUT2D eigenvalue weighted by Crippen LogP contribution is -2.23. The fourth-order valence-electron chi connectivity index (χ4n) is 1.88. The van der Waals surface area contributed by atoms with Crippen molar-refractivity contribution in [3.05, 3.63) is 29.8 Å². The highest BCUT2D eigenvalue weighted by molar-refractivity contribution is 5.23. The Hall–Kier alpha value is -1.20. The Morgan fingerprint density at radius 3 is 2.41 bits per heavy atom. The summed E-state index contributed by atoms with van der Waals surface area (Å²) >= 11 is 0. The summed E-state index contributed by atoms with van der Waals surface area (Å²) in [5.74, 6) is -1.11. The molecular weight excluding hydrogens is 228 g/mol. The van der Waals surface area contributed by atoms with Gasteiger partial charge in [0.25, 0.3) is 0 Å². The molecule has 0 radical (unpaired) electrons. The van der Waals surface area contributed by atoms with Crippen LogP contribution in [0.2, 0.25) is 0 Å². The SMILES string of the molecule is NCC1CCC(COc2cc(F)cc(F)c2)O1. The summed E-state index contributed by atoms with van der Waals surface area (Å²) in [6.07, 6.45) is 1.80. The summed E-state index contributed by atoms with van der Waals surface area (Å²) in [5, 5.41) is 0. The zero-order valence-electron chi connectivity index (χ0n) is 9.36. The van der Waals surface area contributed by atoms with Gasteiger partial charge in [-0.15, -0.1) is 0 Å². The molecule has 1 aliphatic heterocycles. The Morgan fingerprint density at radius 1 is 1.18 bits per heavy atom. The topological polar surface area (TPSA) is 44.5 Å². The summed E-state index contributed by atoms with van der Waals surface area (Å²) in [7, 11) is 0. The summed E-state index contributed by atoms with van der Waals surface area (Å²) in [4.78, 5) is 0. The number of hydrogen-bond acceptors (Lipinski definition) is 3.